The standard InChI is InChI=1S/C17H21FN2O3/c18-13-3-1-2-12(10-13)11-17(23)6-8-20(9-7-17)16(22)14-4-5-15(21)19-14/h1-3,10,14,23H,4-9,11H2,(H,19,21)/t14-/m1/s1. The number of aliphatic hydroxyl groups is 1. The lowest BCUT2D eigenvalue weighted by molar-refractivity contribution is -0.138. The number of amides is 2. The van der Waals surface area contributed by atoms with Crippen LogP contribution in [-0.4, -0.2) is 46.6 Å². The normalized spacial score (nSPS) is 23.7. The fourth-order valence-electron chi connectivity index (χ4n) is 3.37. The molecule has 0 aromatic heterocycles. The van der Waals surface area contributed by atoms with E-state index in [1.165, 1.54) is 12.1 Å². The molecule has 2 heterocycles. The highest BCUT2D eigenvalue weighted by molar-refractivity contribution is 5.90. The molecule has 23 heavy (non-hydrogen) atoms. The van der Waals surface area contributed by atoms with Gasteiger partial charge in [-0.05, 0) is 37.0 Å². The maximum Gasteiger partial charge on any atom is 0.245 e. The summed E-state index contributed by atoms with van der Waals surface area (Å²) in [6.07, 6.45) is 2.23. The molecule has 2 aliphatic rings. The molecule has 2 saturated heterocycles. The minimum absolute atomic E-state index is 0.0661. The molecule has 0 aliphatic carbocycles. The van der Waals surface area contributed by atoms with E-state index in [1.807, 2.05) is 0 Å². The van der Waals surface area contributed by atoms with Gasteiger partial charge in [0.1, 0.15) is 11.9 Å². The molecule has 1 aromatic rings. The van der Waals surface area contributed by atoms with Gasteiger partial charge in [-0.3, -0.25) is 9.59 Å². The number of benzene rings is 1. The molecule has 5 nitrogen and oxygen atoms in total. The Morgan fingerprint density at radius 2 is 2.13 bits per heavy atom. The highest BCUT2D eigenvalue weighted by atomic mass is 19.1. The van der Waals surface area contributed by atoms with E-state index in [9.17, 15) is 19.1 Å². The fraction of sp³-hybridized carbons (Fsp3) is 0.529. The molecular formula is C17H21FN2O3. The van der Waals surface area contributed by atoms with Crippen LogP contribution in [0.4, 0.5) is 4.39 Å². The van der Waals surface area contributed by atoms with Gasteiger partial charge in [-0.25, -0.2) is 4.39 Å². The van der Waals surface area contributed by atoms with Crippen molar-refractivity contribution in [1.82, 2.24) is 10.2 Å². The lowest BCUT2D eigenvalue weighted by atomic mass is 9.85. The smallest absolute Gasteiger partial charge is 0.245 e. The van der Waals surface area contributed by atoms with Gasteiger partial charge >= 0.3 is 0 Å². The van der Waals surface area contributed by atoms with E-state index in [0.717, 1.165) is 5.56 Å². The van der Waals surface area contributed by atoms with Crippen molar-refractivity contribution in [3.05, 3.63) is 35.6 Å². The van der Waals surface area contributed by atoms with Crippen LogP contribution >= 0.6 is 0 Å². The van der Waals surface area contributed by atoms with E-state index in [2.05, 4.69) is 5.32 Å². The molecule has 0 spiro atoms. The second kappa shape index (κ2) is 6.28. The Kier molecular flexibility index (Phi) is 4.35. The molecule has 0 unspecified atom stereocenters. The second-order valence-electron chi connectivity index (χ2n) is 6.52. The van der Waals surface area contributed by atoms with Crippen LogP contribution in [0.25, 0.3) is 0 Å². The Morgan fingerprint density at radius 3 is 2.74 bits per heavy atom. The van der Waals surface area contributed by atoms with Crippen LogP contribution in [0.2, 0.25) is 0 Å². The van der Waals surface area contributed by atoms with E-state index >= 15 is 0 Å². The van der Waals surface area contributed by atoms with Crippen molar-refractivity contribution in [2.24, 2.45) is 0 Å². The molecule has 1 atom stereocenters. The van der Waals surface area contributed by atoms with Crippen LogP contribution in [0.5, 0.6) is 0 Å². The van der Waals surface area contributed by atoms with Gasteiger partial charge in [0.25, 0.3) is 0 Å². The van der Waals surface area contributed by atoms with E-state index < -0.39 is 11.6 Å². The first-order valence-electron chi connectivity index (χ1n) is 8.00. The molecule has 2 fully saturated rings. The third-order valence-electron chi connectivity index (χ3n) is 4.72. The molecule has 124 valence electrons. The number of nitrogens with one attached hydrogen (secondary N) is 1. The first-order valence-corrected chi connectivity index (χ1v) is 8.00. The summed E-state index contributed by atoms with van der Waals surface area (Å²) in [7, 11) is 0. The zero-order chi connectivity index (χ0) is 16.4. The van der Waals surface area contributed by atoms with Gasteiger partial charge in [0.2, 0.25) is 11.8 Å². The summed E-state index contributed by atoms with van der Waals surface area (Å²) >= 11 is 0. The predicted molar refractivity (Wildman–Crippen MR) is 82.0 cm³/mol. The Hall–Kier alpha value is -1.95. The Balaban J connectivity index is 1.57. The molecular weight excluding hydrogens is 299 g/mol. The maximum absolute atomic E-state index is 13.2. The number of rotatable bonds is 3. The third-order valence-corrected chi connectivity index (χ3v) is 4.72. The van der Waals surface area contributed by atoms with Gasteiger partial charge in [-0.2, -0.15) is 0 Å². The van der Waals surface area contributed by atoms with Gasteiger partial charge in [0, 0.05) is 25.9 Å². The Morgan fingerprint density at radius 1 is 1.39 bits per heavy atom. The molecule has 0 saturated carbocycles. The SMILES string of the molecule is O=C1CC[C@H](C(=O)N2CCC(O)(Cc3cccc(F)c3)CC2)N1. The zero-order valence-corrected chi connectivity index (χ0v) is 12.9. The summed E-state index contributed by atoms with van der Waals surface area (Å²) in [5, 5.41) is 13.4. The number of halogens is 1. The Labute approximate surface area is 134 Å². The van der Waals surface area contributed by atoms with Crippen molar-refractivity contribution >= 4 is 11.8 Å². The van der Waals surface area contributed by atoms with Crippen molar-refractivity contribution in [2.75, 3.05) is 13.1 Å². The quantitative estimate of drug-likeness (QED) is 0.873. The molecule has 6 heteroatoms. The van der Waals surface area contributed by atoms with Crippen LogP contribution < -0.4 is 5.32 Å². The highest BCUT2D eigenvalue weighted by Crippen LogP contribution is 2.27. The van der Waals surface area contributed by atoms with Crippen LogP contribution in [0.15, 0.2) is 24.3 Å². The average molecular weight is 320 g/mol. The predicted octanol–water partition coefficient (Wildman–Crippen LogP) is 1.00. The van der Waals surface area contributed by atoms with E-state index in [1.54, 1.807) is 17.0 Å². The fourth-order valence-corrected chi connectivity index (χ4v) is 3.37. The van der Waals surface area contributed by atoms with Crippen molar-refractivity contribution in [1.29, 1.82) is 0 Å². The van der Waals surface area contributed by atoms with Crippen LogP contribution in [0, 0.1) is 5.82 Å². The topological polar surface area (TPSA) is 69.6 Å². The van der Waals surface area contributed by atoms with Gasteiger partial charge < -0.3 is 15.3 Å². The third kappa shape index (κ3) is 3.69. The van der Waals surface area contributed by atoms with Gasteiger partial charge in [-0.15, -0.1) is 0 Å². The van der Waals surface area contributed by atoms with E-state index in [0.29, 0.717) is 45.2 Å². The summed E-state index contributed by atoms with van der Waals surface area (Å²) in [5.74, 6) is -0.456. The number of hydrogen-bond acceptors (Lipinski definition) is 3. The number of carbonyl (C=O) groups is 2. The maximum atomic E-state index is 13.2. The largest absolute Gasteiger partial charge is 0.389 e. The van der Waals surface area contributed by atoms with Crippen LogP contribution in [0.3, 0.4) is 0 Å². The highest BCUT2D eigenvalue weighted by Gasteiger charge is 2.37. The molecule has 0 bridgehead atoms. The number of carbonyl (C=O) groups excluding carboxylic acids is 2. The molecule has 2 aliphatic heterocycles. The number of nitrogens with zero attached hydrogens (tertiary/aromatic N) is 1. The van der Waals surface area contributed by atoms with Crippen molar-refractivity contribution in [3.8, 4) is 0 Å². The lowest BCUT2D eigenvalue weighted by Gasteiger charge is -2.39. The Bertz CT molecular complexity index is 612. The minimum Gasteiger partial charge on any atom is -0.389 e. The van der Waals surface area contributed by atoms with E-state index in [-0.39, 0.29) is 17.6 Å². The molecule has 1 aromatic carbocycles. The summed E-state index contributed by atoms with van der Waals surface area (Å²) in [4.78, 5) is 25.3. The van der Waals surface area contributed by atoms with Crippen LogP contribution in [0.1, 0.15) is 31.2 Å². The first-order chi connectivity index (χ1) is 11.0. The minimum atomic E-state index is -0.913. The monoisotopic (exact) mass is 320 g/mol. The summed E-state index contributed by atoms with van der Waals surface area (Å²) < 4.78 is 13.2. The molecule has 3 rings (SSSR count). The van der Waals surface area contributed by atoms with Crippen molar-refractivity contribution in [3.63, 3.8) is 0 Å². The van der Waals surface area contributed by atoms with Crippen LogP contribution in [-0.2, 0) is 16.0 Å². The summed E-state index contributed by atoms with van der Waals surface area (Å²) in [5.41, 5.74) is -0.154. The lowest BCUT2D eigenvalue weighted by Crippen LogP contribution is -2.52. The summed E-state index contributed by atoms with van der Waals surface area (Å²) in [6, 6.07) is 5.83. The second-order valence-corrected chi connectivity index (χ2v) is 6.52. The average Bonchev–Trinajstić information content (AvgIpc) is 2.93. The van der Waals surface area contributed by atoms with Gasteiger partial charge in [-0.1, -0.05) is 12.1 Å². The van der Waals surface area contributed by atoms with Crippen molar-refractivity contribution < 1.29 is 19.1 Å². The zero-order valence-electron chi connectivity index (χ0n) is 12.9. The van der Waals surface area contributed by atoms with Crippen molar-refractivity contribution in [2.45, 2.75) is 43.7 Å². The number of hydrogen-bond donors (Lipinski definition) is 2. The van der Waals surface area contributed by atoms with Gasteiger partial charge in [0.05, 0.1) is 5.60 Å². The first kappa shape index (κ1) is 15.9. The molecule has 0 radical (unpaired) electrons. The molecule has 2 N–H and O–H groups in total. The number of likely N-dealkylation sites (tertiary alicyclic amines) is 1. The summed E-state index contributed by atoms with van der Waals surface area (Å²) in [6.45, 7) is 0.911. The van der Waals surface area contributed by atoms with Gasteiger partial charge in [0.15, 0.2) is 0 Å². The molecule has 2 amide bonds. The number of piperidine rings is 1. The van der Waals surface area contributed by atoms with E-state index in [4.69, 9.17) is 0 Å².